The van der Waals surface area contributed by atoms with E-state index in [4.69, 9.17) is 48.4 Å². The number of carbonyl (C=O) groups is 5. The zero-order chi connectivity index (χ0) is 48.1. The minimum Gasteiger partial charge on any atom is -0.460 e. The van der Waals surface area contributed by atoms with Crippen LogP contribution in [0.3, 0.4) is 0 Å². The van der Waals surface area contributed by atoms with Gasteiger partial charge in [0.05, 0.1) is 117 Å². The van der Waals surface area contributed by atoms with Crippen molar-refractivity contribution in [1.29, 1.82) is 0 Å². The highest BCUT2D eigenvalue weighted by Gasteiger charge is 2.29. The number of anilines is 1. The monoisotopic (exact) mass is 928 g/mol. The van der Waals surface area contributed by atoms with Gasteiger partial charge in [0.2, 0.25) is 11.8 Å². The van der Waals surface area contributed by atoms with Crippen molar-refractivity contribution in [1.82, 2.24) is 16.0 Å². The van der Waals surface area contributed by atoms with Gasteiger partial charge < -0.3 is 69.6 Å². The van der Waals surface area contributed by atoms with Crippen molar-refractivity contribution < 1.29 is 66.6 Å². The van der Waals surface area contributed by atoms with E-state index in [9.17, 15) is 24.0 Å². The maximum atomic E-state index is 13.6. The van der Waals surface area contributed by atoms with Crippen LogP contribution in [0.2, 0.25) is 0 Å². The smallest absolute Gasteiger partial charge is 0.312 e. The summed E-state index contributed by atoms with van der Waals surface area (Å²) in [5.41, 5.74) is 5.81. The van der Waals surface area contributed by atoms with Gasteiger partial charge in [0.15, 0.2) is 5.78 Å². The number of ketones is 1. The van der Waals surface area contributed by atoms with E-state index in [1.165, 1.54) is 0 Å². The molecule has 0 unspecified atom stereocenters. The van der Waals surface area contributed by atoms with Crippen molar-refractivity contribution in [2.75, 3.05) is 124 Å². The number of esters is 1. The molecule has 0 bridgehead atoms. The lowest BCUT2D eigenvalue weighted by molar-refractivity contribution is -0.154. The molecule has 0 saturated carbocycles. The van der Waals surface area contributed by atoms with Crippen molar-refractivity contribution in [3.8, 4) is 0 Å². The molecule has 0 aliphatic carbocycles. The molecule has 0 aliphatic heterocycles. The molecule has 0 aromatic heterocycles. The number of Topliss-reactive ketones (excluding diaryl/α,β-unsaturated/α-hetero) is 1. The van der Waals surface area contributed by atoms with Gasteiger partial charge >= 0.3 is 12.0 Å². The standard InChI is InChI=1S/C46H81N5O14/c1-35(2)42(40(52)33-38(9-8-15-49-45(47)56)43(54)50-39-12-10-37(11-13-39)34-65-44(55)46(5,6)7)51-41(53)14-17-57-19-21-59-23-25-61-27-29-63-31-32-64-30-28-62-26-24-60-22-20-58-18-16-48-36(3)4/h10-13,35-36,38,42,48H,8-9,14-34H2,1-7H3,(H,50,54)(H,51,53)(H3,47,49,56)/t38-,42+/m1/s1. The number of nitrogens with two attached hydrogens (primary N) is 1. The fourth-order valence-corrected chi connectivity index (χ4v) is 5.64. The Balaban J connectivity index is 2.22. The van der Waals surface area contributed by atoms with E-state index in [1.807, 2.05) is 13.8 Å². The fourth-order valence-electron chi connectivity index (χ4n) is 5.64. The number of urea groups is 1. The molecule has 65 heavy (non-hydrogen) atoms. The van der Waals surface area contributed by atoms with Crippen LogP contribution in [-0.2, 0) is 68.4 Å². The first-order valence-corrected chi connectivity index (χ1v) is 22.9. The summed E-state index contributed by atoms with van der Waals surface area (Å²) in [6.07, 6.45) is 0.592. The molecule has 0 aliphatic rings. The summed E-state index contributed by atoms with van der Waals surface area (Å²) in [7, 11) is 0. The molecule has 1 rings (SSSR count). The summed E-state index contributed by atoms with van der Waals surface area (Å²) in [5.74, 6) is -2.34. The number of hydrogen-bond donors (Lipinski definition) is 5. The fraction of sp³-hybridized carbons (Fsp3) is 0.761. The normalized spacial score (nSPS) is 12.6. The molecule has 19 nitrogen and oxygen atoms in total. The van der Waals surface area contributed by atoms with Crippen LogP contribution in [0, 0.1) is 17.3 Å². The average Bonchev–Trinajstić information content (AvgIpc) is 3.25. The Morgan fingerprint density at radius 1 is 0.631 bits per heavy atom. The van der Waals surface area contributed by atoms with Gasteiger partial charge in [0.1, 0.15) is 6.61 Å². The summed E-state index contributed by atoms with van der Waals surface area (Å²) in [6, 6.07) is 5.81. The lowest BCUT2D eigenvalue weighted by atomic mass is 9.89. The van der Waals surface area contributed by atoms with Gasteiger partial charge in [0.25, 0.3) is 0 Å². The Bertz CT molecular complexity index is 1430. The van der Waals surface area contributed by atoms with Crippen LogP contribution in [0.15, 0.2) is 24.3 Å². The number of hydrogen-bond acceptors (Lipinski definition) is 15. The highest BCUT2D eigenvalue weighted by atomic mass is 16.6. The number of amides is 4. The first kappa shape index (κ1) is 59.2. The first-order chi connectivity index (χ1) is 31.1. The summed E-state index contributed by atoms with van der Waals surface area (Å²) in [4.78, 5) is 63.2. The van der Waals surface area contributed by atoms with Crippen molar-refractivity contribution >= 4 is 35.3 Å². The van der Waals surface area contributed by atoms with Crippen LogP contribution in [0.4, 0.5) is 10.5 Å². The summed E-state index contributed by atoms with van der Waals surface area (Å²) >= 11 is 0. The van der Waals surface area contributed by atoms with Crippen LogP contribution in [0.25, 0.3) is 0 Å². The Morgan fingerprint density at radius 3 is 1.52 bits per heavy atom. The number of benzene rings is 1. The molecule has 0 spiro atoms. The minimum absolute atomic E-state index is 0.0378. The summed E-state index contributed by atoms with van der Waals surface area (Å²) in [5, 5.41) is 11.5. The average molecular weight is 928 g/mol. The van der Waals surface area contributed by atoms with Crippen LogP contribution in [-0.4, -0.2) is 160 Å². The lowest BCUT2D eigenvalue weighted by Crippen LogP contribution is -2.45. The maximum Gasteiger partial charge on any atom is 0.312 e. The molecule has 0 heterocycles. The van der Waals surface area contributed by atoms with E-state index < -0.39 is 23.4 Å². The molecular weight excluding hydrogens is 847 g/mol. The Morgan fingerprint density at radius 2 is 1.09 bits per heavy atom. The van der Waals surface area contributed by atoms with Gasteiger partial charge in [-0.1, -0.05) is 39.8 Å². The minimum atomic E-state index is -0.820. The quantitative estimate of drug-likeness (QED) is 0.0467. The van der Waals surface area contributed by atoms with E-state index in [0.717, 1.165) is 12.1 Å². The topological polar surface area (TPSA) is 243 Å². The van der Waals surface area contributed by atoms with E-state index >= 15 is 0 Å². The van der Waals surface area contributed by atoms with E-state index in [0.29, 0.717) is 111 Å². The Kier molecular flexibility index (Phi) is 34.0. The van der Waals surface area contributed by atoms with Gasteiger partial charge in [-0.05, 0) is 57.2 Å². The molecule has 1 aromatic carbocycles. The van der Waals surface area contributed by atoms with Gasteiger partial charge in [-0.25, -0.2) is 4.79 Å². The lowest BCUT2D eigenvalue weighted by Gasteiger charge is -2.24. The number of carbonyl (C=O) groups excluding carboxylic acids is 5. The second kappa shape index (κ2) is 37.3. The third kappa shape index (κ3) is 33.4. The molecule has 19 heteroatoms. The van der Waals surface area contributed by atoms with Crippen LogP contribution in [0.5, 0.6) is 0 Å². The molecule has 374 valence electrons. The Hall–Kier alpha value is -3.79. The van der Waals surface area contributed by atoms with Crippen LogP contribution in [0.1, 0.15) is 79.7 Å². The molecule has 0 fully saturated rings. The molecular formula is C46H81N5O14. The predicted molar refractivity (Wildman–Crippen MR) is 245 cm³/mol. The van der Waals surface area contributed by atoms with Crippen LogP contribution >= 0.6 is 0 Å². The van der Waals surface area contributed by atoms with Crippen LogP contribution < -0.4 is 27.0 Å². The van der Waals surface area contributed by atoms with E-state index in [1.54, 1.807) is 45.0 Å². The van der Waals surface area contributed by atoms with Crippen molar-refractivity contribution in [3.63, 3.8) is 0 Å². The molecule has 2 atom stereocenters. The molecule has 4 amide bonds. The first-order valence-electron chi connectivity index (χ1n) is 22.9. The second-order valence-corrected chi connectivity index (χ2v) is 16.9. The van der Waals surface area contributed by atoms with E-state index in [-0.39, 0.29) is 75.1 Å². The predicted octanol–water partition coefficient (Wildman–Crippen LogP) is 3.40. The van der Waals surface area contributed by atoms with Gasteiger partial charge in [-0.2, -0.15) is 0 Å². The maximum absolute atomic E-state index is 13.6. The summed E-state index contributed by atoms with van der Waals surface area (Å²) < 4.78 is 49.4. The zero-order valence-corrected chi connectivity index (χ0v) is 40.2. The van der Waals surface area contributed by atoms with Crippen molar-refractivity contribution in [2.45, 2.75) is 92.8 Å². The third-order valence-corrected chi connectivity index (χ3v) is 9.26. The van der Waals surface area contributed by atoms with Crippen molar-refractivity contribution in [2.24, 2.45) is 23.0 Å². The number of ether oxygens (including phenoxy) is 9. The zero-order valence-electron chi connectivity index (χ0n) is 40.2. The largest absolute Gasteiger partial charge is 0.460 e. The van der Waals surface area contributed by atoms with E-state index in [2.05, 4.69) is 35.1 Å². The van der Waals surface area contributed by atoms with Gasteiger partial charge in [0, 0.05) is 43.6 Å². The van der Waals surface area contributed by atoms with Gasteiger partial charge in [-0.3, -0.25) is 19.2 Å². The molecule has 6 N–H and O–H groups in total. The molecule has 0 saturated heterocycles. The third-order valence-electron chi connectivity index (χ3n) is 9.26. The molecule has 1 aromatic rings. The SMILES string of the molecule is CC(C)NCCOCCOCCOCCOCCOCCOCCOCCOCCC(=O)N[C@H](C(=O)C[C@@H](CCCNC(N)=O)C(=O)Nc1ccc(COC(=O)C(C)(C)C)cc1)C(C)C. The Labute approximate surface area is 386 Å². The number of nitrogens with one attached hydrogen (secondary N) is 4. The highest BCUT2D eigenvalue weighted by molar-refractivity contribution is 5.97. The molecule has 0 radical (unpaired) electrons. The highest BCUT2D eigenvalue weighted by Crippen LogP contribution is 2.21. The number of rotatable bonds is 41. The second-order valence-electron chi connectivity index (χ2n) is 16.9. The summed E-state index contributed by atoms with van der Waals surface area (Å²) in [6.45, 7) is 21.4. The van der Waals surface area contributed by atoms with Crippen molar-refractivity contribution in [3.05, 3.63) is 29.8 Å². The van der Waals surface area contributed by atoms with Gasteiger partial charge in [-0.15, -0.1) is 0 Å². The number of primary amides is 1.